The van der Waals surface area contributed by atoms with E-state index in [0.717, 1.165) is 29.8 Å². The molecule has 72 valence electrons. The molecular formula is C9H14BrN3. The molecule has 0 saturated carbocycles. The zero-order chi connectivity index (χ0) is 9.68. The van der Waals surface area contributed by atoms with Crippen LogP contribution in [0.5, 0.6) is 0 Å². The van der Waals surface area contributed by atoms with Crippen LogP contribution in [0.15, 0.2) is 22.8 Å². The molecule has 0 amide bonds. The number of rotatable bonds is 4. The first-order chi connectivity index (χ1) is 6.24. The van der Waals surface area contributed by atoms with Crippen LogP contribution in [0.1, 0.15) is 6.42 Å². The molecule has 0 spiro atoms. The van der Waals surface area contributed by atoms with Crippen LogP contribution in [0, 0.1) is 0 Å². The van der Waals surface area contributed by atoms with Crippen LogP contribution >= 0.6 is 15.9 Å². The lowest BCUT2D eigenvalue weighted by molar-refractivity contribution is 0.786. The Morgan fingerprint density at radius 3 is 2.85 bits per heavy atom. The molecule has 0 aliphatic carbocycles. The SMILES string of the molecule is CN(CCCN)c1ccc(Br)cn1. The van der Waals surface area contributed by atoms with E-state index in [1.807, 2.05) is 19.2 Å². The Morgan fingerprint density at radius 2 is 2.31 bits per heavy atom. The van der Waals surface area contributed by atoms with E-state index in [0.29, 0.717) is 0 Å². The van der Waals surface area contributed by atoms with E-state index in [-0.39, 0.29) is 0 Å². The van der Waals surface area contributed by atoms with Crippen LogP contribution in [0.3, 0.4) is 0 Å². The van der Waals surface area contributed by atoms with Crippen LogP contribution in [0.25, 0.3) is 0 Å². The second-order valence-electron chi connectivity index (χ2n) is 2.90. The number of pyridine rings is 1. The number of aromatic nitrogens is 1. The van der Waals surface area contributed by atoms with E-state index in [1.165, 1.54) is 0 Å². The van der Waals surface area contributed by atoms with E-state index < -0.39 is 0 Å². The van der Waals surface area contributed by atoms with Crippen molar-refractivity contribution < 1.29 is 0 Å². The number of halogens is 1. The first kappa shape index (κ1) is 10.5. The Balaban J connectivity index is 2.55. The monoisotopic (exact) mass is 243 g/mol. The van der Waals surface area contributed by atoms with Crippen molar-refractivity contribution in [3.05, 3.63) is 22.8 Å². The average Bonchev–Trinajstić information content (AvgIpc) is 2.15. The molecule has 2 N–H and O–H groups in total. The quantitative estimate of drug-likeness (QED) is 0.875. The van der Waals surface area contributed by atoms with E-state index in [9.17, 15) is 0 Å². The summed E-state index contributed by atoms with van der Waals surface area (Å²) in [6.07, 6.45) is 2.79. The third-order valence-corrected chi connectivity index (χ3v) is 2.27. The molecule has 1 aromatic heterocycles. The van der Waals surface area contributed by atoms with Crippen molar-refractivity contribution in [3.63, 3.8) is 0 Å². The van der Waals surface area contributed by atoms with Crippen LogP contribution in [0.2, 0.25) is 0 Å². The smallest absolute Gasteiger partial charge is 0.128 e. The van der Waals surface area contributed by atoms with E-state index >= 15 is 0 Å². The van der Waals surface area contributed by atoms with Gasteiger partial charge in [-0.25, -0.2) is 4.98 Å². The molecule has 0 radical (unpaired) electrons. The molecule has 1 heterocycles. The molecule has 1 aromatic rings. The van der Waals surface area contributed by atoms with Gasteiger partial charge in [-0.05, 0) is 41.0 Å². The highest BCUT2D eigenvalue weighted by Crippen LogP contribution is 2.13. The first-order valence-electron chi connectivity index (χ1n) is 4.27. The molecule has 0 aromatic carbocycles. The van der Waals surface area contributed by atoms with E-state index in [4.69, 9.17) is 5.73 Å². The van der Waals surface area contributed by atoms with Gasteiger partial charge in [-0.15, -0.1) is 0 Å². The predicted molar refractivity (Wildman–Crippen MR) is 58.9 cm³/mol. The topological polar surface area (TPSA) is 42.1 Å². The number of hydrogen-bond donors (Lipinski definition) is 1. The van der Waals surface area contributed by atoms with E-state index in [1.54, 1.807) is 6.20 Å². The first-order valence-corrected chi connectivity index (χ1v) is 5.06. The van der Waals surface area contributed by atoms with Crippen LogP contribution in [-0.2, 0) is 0 Å². The Hall–Kier alpha value is -0.610. The summed E-state index contributed by atoms with van der Waals surface area (Å²) in [7, 11) is 2.02. The Kier molecular flexibility index (Phi) is 4.18. The van der Waals surface area contributed by atoms with Gasteiger partial charge in [0.15, 0.2) is 0 Å². The molecule has 0 aliphatic heterocycles. The van der Waals surface area contributed by atoms with Gasteiger partial charge in [0.2, 0.25) is 0 Å². The summed E-state index contributed by atoms with van der Waals surface area (Å²) in [6.45, 7) is 1.67. The van der Waals surface area contributed by atoms with Crippen molar-refractivity contribution in [2.75, 3.05) is 25.0 Å². The standard InChI is InChI=1S/C9H14BrN3/c1-13(6-2-5-11)9-4-3-8(10)7-12-9/h3-4,7H,2,5-6,11H2,1H3. The third kappa shape index (κ3) is 3.32. The minimum atomic E-state index is 0.723. The molecule has 13 heavy (non-hydrogen) atoms. The van der Waals surface area contributed by atoms with Crippen molar-refractivity contribution >= 4 is 21.7 Å². The lowest BCUT2D eigenvalue weighted by Gasteiger charge is -2.17. The lowest BCUT2D eigenvalue weighted by atomic mass is 10.4. The normalized spacial score (nSPS) is 10.1. The van der Waals surface area contributed by atoms with Crippen molar-refractivity contribution in [2.24, 2.45) is 5.73 Å². The van der Waals surface area contributed by atoms with Gasteiger partial charge in [0.25, 0.3) is 0 Å². The van der Waals surface area contributed by atoms with E-state index in [2.05, 4.69) is 25.8 Å². The fourth-order valence-electron chi connectivity index (χ4n) is 1.04. The van der Waals surface area contributed by atoms with Gasteiger partial charge in [-0.1, -0.05) is 0 Å². The molecule has 0 bridgehead atoms. The maximum Gasteiger partial charge on any atom is 0.128 e. The number of anilines is 1. The maximum absolute atomic E-state index is 5.42. The molecule has 1 rings (SSSR count). The largest absolute Gasteiger partial charge is 0.360 e. The molecule has 0 atom stereocenters. The lowest BCUT2D eigenvalue weighted by Crippen LogP contribution is -2.21. The van der Waals surface area contributed by atoms with Gasteiger partial charge in [0.05, 0.1) is 0 Å². The van der Waals surface area contributed by atoms with Gasteiger partial charge >= 0.3 is 0 Å². The minimum absolute atomic E-state index is 0.723. The van der Waals surface area contributed by atoms with Crippen LogP contribution < -0.4 is 10.6 Å². The van der Waals surface area contributed by atoms with Crippen molar-refractivity contribution in [1.29, 1.82) is 0 Å². The molecule has 3 nitrogen and oxygen atoms in total. The number of hydrogen-bond acceptors (Lipinski definition) is 3. The zero-order valence-corrected chi connectivity index (χ0v) is 9.29. The number of nitrogens with zero attached hydrogens (tertiary/aromatic N) is 2. The third-order valence-electron chi connectivity index (χ3n) is 1.80. The molecular weight excluding hydrogens is 230 g/mol. The van der Waals surface area contributed by atoms with Crippen LogP contribution in [-0.4, -0.2) is 25.1 Å². The second-order valence-corrected chi connectivity index (χ2v) is 3.81. The summed E-state index contributed by atoms with van der Waals surface area (Å²) in [5.74, 6) is 0.983. The Labute approximate surface area is 87.1 Å². The fourth-order valence-corrected chi connectivity index (χ4v) is 1.27. The Bertz CT molecular complexity index is 248. The minimum Gasteiger partial charge on any atom is -0.360 e. The Morgan fingerprint density at radius 1 is 1.54 bits per heavy atom. The van der Waals surface area contributed by atoms with Crippen molar-refractivity contribution in [3.8, 4) is 0 Å². The zero-order valence-electron chi connectivity index (χ0n) is 7.70. The summed E-state index contributed by atoms with van der Waals surface area (Å²) < 4.78 is 1.00. The predicted octanol–water partition coefficient (Wildman–Crippen LogP) is 1.63. The average molecular weight is 244 g/mol. The molecule has 4 heteroatoms. The van der Waals surface area contributed by atoms with Crippen molar-refractivity contribution in [1.82, 2.24) is 4.98 Å². The number of nitrogens with two attached hydrogens (primary N) is 1. The summed E-state index contributed by atoms with van der Waals surface area (Å²) in [6, 6.07) is 3.97. The maximum atomic E-state index is 5.42. The van der Waals surface area contributed by atoms with Gasteiger partial charge in [-0.2, -0.15) is 0 Å². The summed E-state index contributed by atoms with van der Waals surface area (Å²) in [4.78, 5) is 6.37. The second kappa shape index (κ2) is 5.19. The summed E-state index contributed by atoms with van der Waals surface area (Å²) >= 11 is 3.35. The highest BCUT2D eigenvalue weighted by atomic mass is 79.9. The summed E-state index contributed by atoms with van der Waals surface area (Å²) in [5.41, 5.74) is 5.42. The van der Waals surface area contributed by atoms with Gasteiger partial charge in [-0.3, -0.25) is 0 Å². The van der Waals surface area contributed by atoms with Gasteiger partial charge in [0.1, 0.15) is 5.82 Å². The highest BCUT2D eigenvalue weighted by molar-refractivity contribution is 9.10. The molecule has 0 unspecified atom stereocenters. The van der Waals surface area contributed by atoms with Crippen LogP contribution in [0.4, 0.5) is 5.82 Å². The van der Waals surface area contributed by atoms with Gasteiger partial charge < -0.3 is 10.6 Å². The molecule has 0 saturated heterocycles. The van der Waals surface area contributed by atoms with Gasteiger partial charge in [0, 0.05) is 24.3 Å². The molecule has 0 aliphatic rings. The highest BCUT2D eigenvalue weighted by Gasteiger charge is 2.00. The van der Waals surface area contributed by atoms with Crippen molar-refractivity contribution in [2.45, 2.75) is 6.42 Å². The summed E-state index contributed by atoms with van der Waals surface area (Å²) in [5, 5.41) is 0. The molecule has 0 fully saturated rings. The fraction of sp³-hybridized carbons (Fsp3) is 0.444.